The largest absolute Gasteiger partial charge is 0.450 e. The van der Waals surface area contributed by atoms with Gasteiger partial charge in [-0.1, -0.05) is 30.3 Å². The summed E-state index contributed by atoms with van der Waals surface area (Å²) in [6.07, 6.45) is 0.198. The Morgan fingerprint density at radius 2 is 1.88 bits per heavy atom. The lowest BCUT2D eigenvalue weighted by molar-refractivity contribution is 0.168. The van der Waals surface area contributed by atoms with E-state index in [-0.39, 0.29) is 0 Å². The molecular weight excluding hydrogens is 326 g/mol. The molecule has 1 amide bonds. The Morgan fingerprint density at radius 3 is 2.54 bits per heavy atom. The number of ether oxygens (including phenoxy) is 1. The molecule has 0 unspecified atom stereocenters. The van der Waals surface area contributed by atoms with Crippen LogP contribution in [0.3, 0.4) is 0 Å². The average molecular weight is 347 g/mol. The molecule has 5 nitrogen and oxygen atoms in total. The molecule has 132 valence electrons. The molecule has 0 bridgehead atoms. The molecule has 26 heavy (non-hydrogen) atoms. The van der Waals surface area contributed by atoms with Crippen molar-refractivity contribution in [1.82, 2.24) is 4.57 Å². The molecule has 0 saturated carbocycles. The highest BCUT2D eigenvalue weighted by molar-refractivity contribution is 5.88. The van der Waals surface area contributed by atoms with E-state index in [1.54, 1.807) is 6.92 Å². The number of nitrogens with zero attached hydrogens (tertiary/aromatic N) is 2. The topological polar surface area (TPSA) is 67.0 Å². The van der Waals surface area contributed by atoms with E-state index < -0.39 is 6.09 Å². The SMILES string of the molecule is CCOC(=O)Nc1ccc(Cc2c(C#N)c3ccccc3n2CC)cc1. The third-order valence-electron chi connectivity index (χ3n) is 4.35. The number of para-hydroxylation sites is 1. The number of amides is 1. The zero-order valence-electron chi connectivity index (χ0n) is 15.0. The van der Waals surface area contributed by atoms with E-state index in [2.05, 4.69) is 28.9 Å². The summed E-state index contributed by atoms with van der Waals surface area (Å²) < 4.78 is 7.07. The standard InChI is InChI=1S/C21H21N3O2/c1-3-24-19-8-6-5-7-17(19)18(14-22)20(24)13-15-9-11-16(12-10-15)23-21(25)26-4-2/h5-12H,3-4,13H2,1-2H3,(H,23,25). The van der Waals surface area contributed by atoms with E-state index in [4.69, 9.17) is 4.74 Å². The third-order valence-corrected chi connectivity index (χ3v) is 4.35. The third kappa shape index (κ3) is 3.40. The van der Waals surface area contributed by atoms with Gasteiger partial charge in [-0.2, -0.15) is 5.26 Å². The lowest BCUT2D eigenvalue weighted by Gasteiger charge is -2.10. The van der Waals surface area contributed by atoms with Crippen LogP contribution in [0.25, 0.3) is 10.9 Å². The first-order chi connectivity index (χ1) is 12.7. The van der Waals surface area contributed by atoms with Gasteiger partial charge in [0.05, 0.1) is 12.2 Å². The number of carbonyl (C=O) groups excluding carboxylic acids is 1. The van der Waals surface area contributed by atoms with E-state index >= 15 is 0 Å². The van der Waals surface area contributed by atoms with Crippen molar-refractivity contribution < 1.29 is 9.53 Å². The van der Waals surface area contributed by atoms with Gasteiger partial charge in [0.1, 0.15) is 6.07 Å². The highest BCUT2D eigenvalue weighted by atomic mass is 16.5. The van der Waals surface area contributed by atoms with E-state index in [9.17, 15) is 10.1 Å². The maximum atomic E-state index is 11.5. The number of rotatable bonds is 5. The molecule has 0 radical (unpaired) electrons. The molecule has 0 aliphatic heterocycles. The molecule has 0 atom stereocenters. The number of nitriles is 1. The van der Waals surface area contributed by atoms with E-state index in [0.717, 1.165) is 34.3 Å². The fourth-order valence-corrected chi connectivity index (χ4v) is 3.21. The number of nitrogens with one attached hydrogen (secondary N) is 1. The summed E-state index contributed by atoms with van der Waals surface area (Å²) in [5.74, 6) is 0. The Balaban J connectivity index is 1.89. The van der Waals surface area contributed by atoms with Crippen molar-refractivity contribution in [3.05, 3.63) is 65.4 Å². The van der Waals surface area contributed by atoms with Crippen LogP contribution in [0, 0.1) is 11.3 Å². The smallest absolute Gasteiger partial charge is 0.411 e. The highest BCUT2D eigenvalue weighted by Gasteiger charge is 2.16. The van der Waals surface area contributed by atoms with Crippen LogP contribution in [-0.2, 0) is 17.7 Å². The predicted octanol–water partition coefficient (Wildman–Crippen LogP) is 4.69. The molecule has 0 aliphatic rings. The van der Waals surface area contributed by atoms with Gasteiger partial charge in [0.2, 0.25) is 0 Å². The number of aryl methyl sites for hydroxylation is 1. The number of hydrogen-bond acceptors (Lipinski definition) is 3. The summed E-state index contributed by atoms with van der Waals surface area (Å²) in [5.41, 5.74) is 4.60. The van der Waals surface area contributed by atoms with Crippen molar-refractivity contribution in [2.45, 2.75) is 26.8 Å². The van der Waals surface area contributed by atoms with Crippen LogP contribution < -0.4 is 5.32 Å². The summed E-state index contributed by atoms with van der Waals surface area (Å²) in [7, 11) is 0. The molecule has 0 fully saturated rings. The first-order valence-electron chi connectivity index (χ1n) is 8.70. The first-order valence-corrected chi connectivity index (χ1v) is 8.70. The fourth-order valence-electron chi connectivity index (χ4n) is 3.21. The number of benzene rings is 2. The summed E-state index contributed by atoms with van der Waals surface area (Å²) in [6.45, 7) is 4.99. The van der Waals surface area contributed by atoms with Crippen molar-refractivity contribution >= 4 is 22.7 Å². The lowest BCUT2D eigenvalue weighted by Crippen LogP contribution is -2.13. The van der Waals surface area contributed by atoms with E-state index in [0.29, 0.717) is 18.7 Å². The van der Waals surface area contributed by atoms with Gasteiger partial charge in [-0.3, -0.25) is 5.32 Å². The number of anilines is 1. The monoisotopic (exact) mass is 347 g/mol. The van der Waals surface area contributed by atoms with Gasteiger partial charge < -0.3 is 9.30 Å². The van der Waals surface area contributed by atoms with Crippen LogP contribution in [0.15, 0.2) is 48.5 Å². The van der Waals surface area contributed by atoms with Gasteiger partial charge in [0, 0.05) is 35.2 Å². The molecule has 3 rings (SSSR count). The summed E-state index contributed by atoms with van der Waals surface area (Å²) in [5, 5.41) is 13.3. The van der Waals surface area contributed by atoms with Crippen molar-refractivity contribution in [2.24, 2.45) is 0 Å². The predicted molar refractivity (Wildman–Crippen MR) is 102 cm³/mol. The maximum absolute atomic E-state index is 11.5. The summed E-state index contributed by atoms with van der Waals surface area (Å²) in [4.78, 5) is 11.5. The van der Waals surface area contributed by atoms with Gasteiger partial charge >= 0.3 is 6.09 Å². The van der Waals surface area contributed by atoms with Crippen LogP contribution in [0.1, 0.15) is 30.7 Å². The Kier molecular flexibility index (Phi) is 5.23. The second kappa shape index (κ2) is 7.75. The van der Waals surface area contributed by atoms with Crippen LogP contribution in [0.4, 0.5) is 10.5 Å². The van der Waals surface area contributed by atoms with Crippen molar-refractivity contribution in [3.63, 3.8) is 0 Å². The fraction of sp³-hybridized carbons (Fsp3) is 0.238. The minimum absolute atomic E-state index is 0.336. The van der Waals surface area contributed by atoms with Crippen molar-refractivity contribution in [1.29, 1.82) is 5.26 Å². The quantitative estimate of drug-likeness (QED) is 0.728. The summed E-state index contributed by atoms with van der Waals surface area (Å²) in [6, 6.07) is 18.0. The molecule has 3 aromatic rings. The van der Waals surface area contributed by atoms with Gasteiger partial charge in [-0.15, -0.1) is 0 Å². The zero-order chi connectivity index (χ0) is 18.5. The molecule has 1 heterocycles. The highest BCUT2D eigenvalue weighted by Crippen LogP contribution is 2.28. The van der Waals surface area contributed by atoms with Crippen LogP contribution in [0.2, 0.25) is 0 Å². The minimum atomic E-state index is -0.460. The second-order valence-corrected chi connectivity index (χ2v) is 5.91. The number of aromatic nitrogens is 1. The van der Waals surface area contributed by atoms with Crippen molar-refractivity contribution in [2.75, 3.05) is 11.9 Å². The van der Waals surface area contributed by atoms with Crippen LogP contribution in [-0.4, -0.2) is 17.3 Å². The molecular formula is C21H21N3O2. The van der Waals surface area contributed by atoms with E-state index in [1.807, 2.05) is 42.5 Å². The maximum Gasteiger partial charge on any atom is 0.411 e. The Morgan fingerprint density at radius 1 is 1.15 bits per heavy atom. The van der Waals surface area contributed by atoms with Crippen LogP contribution in [0.5, 0.6) is 0 Å². The van der Waals surface area contributed by atoms with Crippen molar-refractivity contribution in [3.8, 4) is 6.07 Å². The van der Waals surface area contributed by atoms with Gasteiger partial charge in [-0.25, -0.2) is 4.79 Å². The molecule has 5 heteroatoms. The van der Waals surface area contributed by atoms with Gasteiger partial charge in [0.15, 0.2) is 0 Å². The Labute approximate surface area is 152 Å². The lowest BCUT2D eigenvalue weighted by atomic mass is 10.0. The molecule has 0 saturated heterocycles. The minimum Gasteiger partial charge on any atom is -0.450 e. The number of fused-ring (bicyclic) bond motifs is 1. The summed E-state index contributed by atoms with van der Waals surface area (Å²) >= 11 is 0. The number of carbonyl (C=O) groups is 1. The average Bonchev–Trinajstić information content (AvgIpc) is 2.95. The van der Waals surface area contributed by atoms with Gasteiger partial charge in [0.25, 0.3) is 0 Å². The van der Waals surface area contributed by atoms with E-state index in [1.165, 1.54) is 0 Å². The molecule has 1 aromatic heterocycles. The molecule has 1 N–H and O–H groups in total. The first kappa shape index (κ1) is 17.6. The Bertz CT molecular complexity index is 965. The normalized spacial score (nSPS) is 10.5. The number of hydrogen-bond donors (Lipinski definition) is 1. The molecule has 0 spiro atoms. The molecule has 0 aliphatic carbocycles. The second-order valence-electron chi connectivity index (χ2n) is 5.91. The zero-order valence-corrected chi connectivity index (χ0v) is 15.0. The van der Waals surface area contributed by atoms with Crippen LogP contribution >= 0.6 is 0 Å². The molecule has 2 aromatic carbocycles. The Hall–Kier alpha value is -3.26. The van der Waals surface area contributed by atoms with Gasteiger partial charge in [-0.05, 0) is 37.6 Å².